The number of phenols is 1. The molecule has 0 fully saturated rings. The van der Waals surface area contributed by atoms with Crippen LogP contribution >= 0.6 is 0 Å². The molecule has 0 amide bonds. The van der Waals surface area contributed by atoms with Crippen LogP contribution in [0.3, 0.4) is 0 Å². The van der Waals surface area contributed by atoms with E-state index >= 15 is 0 Å². The number of pyridine rings is 1. The van der Waals surface area contributed by atoms with E-state index in [0.29, 0.717) is 48.9 Å². The normalized spacial score (nSPS) is 13.4. The molecule has 3 aromatic rings. The first-order valence-electron chi connectivity index (χ1n) is 11.0. The Bertz CT molecular complexity index is 1250. The first-order chi connectivity index (χ1) is 16.4. The third-order valence-electron chi connectivity index (χ3n) is 6.00. The zero-order valence-corrected chi connectivity index (χ0v) is 19.1. The van der Waals surface area contributed by atoms with E-state index in [1.54, 1.807) is 54.0 Å². The molecule has 34 heavy (non-hydrogen) atoms. The van der Waals surface area contributed by atoms with Gasteiger partial charge in [0.2, 0.25) is 0 Å². The van der Waals surface area contributed by atoms with Crippen LogP contribution in [-0.4, -0.2) is 41.1 Å². The monoisotopic (exact) mass is 465 g/mol. The van der Waals surface area contributed by atoms with Gasteiger partial charge in [-0.3, -0.25) is 9.59 Å². The van der Waals surface area contributed by atoms with Gasteiger partial charge in [0.25, 0.3) is 5.56 Å². The summed E-state index contributed by atoms with van der Waals surface area (Å²) in [5, 5.41) is 20.3. The average Bonchev–Trinajstić information content (AvgIpc) is 2.83. The number of carbonyl (C=O) groups is 1. The van der Waals surface area contributed by atoms with Gasteiger partial charge < -0.3 is 29.0 Å². The van der Waals surface area contributed by atoms with Gasteiger partial charge in [0.15, 0.2) is 11.5 Å². The Morgan fingerprint density at radius 3 is 2.47 bits per heavy atom. The Balaban J connectivity index is 1.74. The molecule has 0 aliphatic carbocycles. The van der Waals surface area contributed by atoms with E-state index in [0.717, 1.165) is 5.56 Å². The van der Waals surface area contributed by atoms with Gasteiger partial charge in [0, 0.05) is 18.2 Å². The fourth-order valence-electron chi connectivity index (χ4n) is 4.19. The van der Waals surface area contributed by atoms with Gasteiger partial charge in [-0.2, -0.15) is 0 Å². The Morgan fingerprint density at radius 1 is 1.06 bits per heavy atom. The molecule has 0 bridgehead atoms. The zero-order chi connectivity index (χ0) is 24.2. The van der Waals surface area contributed by atoms with E-state index in [2.05, 4.69) is 0 Å². The van der Waals surface area contributed by atoms with Crippen LogP contribution in [0.2, 0.25) is 0 Å². The number of esters is 1. The molecule has 8 heteroatoms. The summed E-state index contributed by atoms with van der Waals surface area (Å²) in [7, 11) is 1.29. The van der Waals surface area contributed by atoms with Crippen molar-refractivity contribution < 1.29 is 29.2 Å². The number of aromatic nitrogens is 1. The lowest BCUT2D eigenvalue weighted by Crippen LogP contribution is -2.29. The van der Waals surface area contributed by atoms with Gasteiger partial charge >= 0.3 is 5.97 Å². The number of phenolic OH excluding ortho intramolecular Hbond substituents is 1. The van der Waals surface area contributed by atoms with Gasteiger partial charge in [0.05, 0.1) is 19.1 Å². The quantitative estimate of drug-likeness (QED) is 0.516. The van der Waals surface area contributed by atoms with Gasteiger partial charge in [-0.05, 0) is 54.8 Å². The van der Waals surface area contributed by atoms with Gasteiger partial charge in [-0.1, -0.05) is 18.2 Å². The molecule has 1 aliphatic heterocycles. The van der Waals surface area contributed by atoms with Crippen LogP contribution in [-0.2, 0) is 22.5 Å². The van der Waals surface area contributed by atoms with Crippen LogP contribution in [0.1, 0.15) is 34.7 Å². The number of ether oxygens (including phenoxy) is 3. The molecule has 0 radical (unpaired) electrons. The minimum absolute atomic E-state index is 0.124. The molecule has 0 saturated heterocycles. The third kappa shape index (κ3) is 4.85. The average molecular weight is 466 g/mol. The summed E-state index contributed by atoms with van der Waals surface area (Å²) in [5.41, 5.74) is 1.94. The largest absolute Gasteiger partial charge is 0.508 e. The molecule has 2 N–H and O–H groups in total. The van der Waals surface area contributed by atoms with Crippen molar-refractivity contribution in [1.29, 1.82) is 0 Å². The molecule has 8 nitrogen and oxygen atoms in total. The van der Waals surface area contributed by atoms with Crippen LogP contribution < -0.4 is 15.0 Å². The number of hydrogen-bond donors (Lipinski definition) is 2. The molecule has 0 saturated carbocycles. The molecule has 1 aliphatic rings. The number of fused-ring (bicyclic) bond motifs is 1. The van der Waals surface area contributed by atoms with Crippen molar-refractivity contribution in [2.24, 2.45) is 0 Å². The van der Waals surface area contributed by atoms with Crippen molar-refractivity contribution in [3.63, 3.8) is 0 Å². The highest BCUT2D eigenvalue weighted by Crippen LogP contribution is 2.38. The molecule has 1 unspecified atom stereocenters. The fourth-order valence-corrected chi connectivity index (χ4v) is 4.19. The van der Waals surface area contributed by atoms with Gasteiger partial charge in [-0.15, -0.1) is 0 Å². The first kappa shape index (κ1) is 23.2. The SMILES string of the molecule is COC(=O)CC(c1ccc2c(c1)OCCO2)c1c(O)cc(C)n(CCc2ccc(O)cc2)c1=O. The molecule has 0 spiro atoms. The van der Waals surface area contributed by atoms with Gasteiger partial charge in [-0.25, -0.2) is 0 Å². The van der Waals surface area contributed by atoms with E-state index in [-0.39, 0.29) is 29.0 Å². The maximum Gasteiger partial charge on any atom is 0.306 e. The Kier molecular flexibility index (Phi) is 6.77. The van der Waals surface area contributed by atoms with Crippen molar-refractivity contribution in [3.8, 4) is 23.0 Å². The van der Waals surface area contributed by atoms with Gasteiger partial charge in [0.1, 0.15) is 24.7 Å². The summed E-state index contributed by atoms with van der Waals surface area (Å²) in [6, 6.07) is 13.6. The number of nitrogens with zero attached hydrogens (tertiary/aromatic N) is 1. The molecule has 178 valence electrons. The van der Waals surface area contributed by atoms with Crippen molar-refractivity contribution in [1.82, 2.24) is 4.57 Å². The summed E-state index contributed by atoms with van der Waals surface area (Å²) >= 11 is 0. The van der Waals surface area contributed by atoms with E-state index in [1.165, 1.54) is 13.2 Å². The minimum atomic E-state index is -0.740. The second kappa shape index (κ2) is 9.91. The smallest absolute Gasteiger partial charge is 0.306 e. The van der Waals surface area contributed by atoms with Crippen LogP contribution in [0.25, 0.3) is 0 Å². The Hall–Kier alpha value is -3.94. The second-order valence-corrected chi connectivity index (χ2v) is 8.19. The number of methoxy groups -OCH3 is 1. The standard InChI is InChI=1S/C26H27NO7/c1-16-13-21(29)25(26(31)27(16)10-9-17-3-6-19(28)7-4-17)20(15-24(30)32-2)18-5-8-22-23(14-18)34-12-11-33-22/h3-8,13-14,20,28-29H,9-12,15H2,1-2H3. The van der Waals surface area contributed by atoms with Crippen LogP contribution in [0.4, 0.5) is 0 Å². The number of rotatable bonds is 7. The molecular weight excluding hydrogens is 438 g/mol. The number of hydrogen-bond acceptors (Lipinski definition) is 7. The number of benzene rings is 2. The van der Waals surface area contributed by atoms with E-state index in [4.69, 9.17) is 14.2 Å². The molecular formula is C26H27NO7. The topological polar surface area (TPSA) is 107 Å². The highest BCUT2D eigenvalue weighted by Gasteiger charge is 2.28. The third-order valence-corrected chi connectivity index (χ3v) is 6.00. The fraction of sp³-hybridized carbons (Fsp3) is 0.308. The predicted molar refractivity (Wildman–Crippen MR) is 125 cm³/mol. The Labute approximate surface area is 197 Å². The van der Waals surface area contributed by atoms with Crippen molar-refractivity contribution in [2.75, 3.05) is 20.3 Å². The summed E-state index contributed by atoms with van der Waals surface area (Å²) in [4.78, 5) is 25.9. The van der Waals surface area contributed by atoms with E-state index < -0.39 is 11.9 Å². The lowest BCUT2D eigenvalue weighted by molar-refractivity contribution is -0.140. The van der Waals surface area contributed by atoms with Crippen LogP contribution in [0.15, 0.2) is 53.3 Å². The maximum absolute atomic E-state index is 13.6. The van der Waals surface area contributed by atoms with Crippen molar-refractivity contribution in [2.45, 2.75) is 32.2 Å². The van der Waals surface area contributed by atoms with Crippen molar-refractivity contribution in [3.05, 3.63) is 81.3 Å². The number of aryl methyl sites for hydroxylation is 2. The van der Waals surface area contributed by atoms with Crippen LogP contribution in [0, 0.1) is 6.92 Å². The van der Waals surface area contributed by atoms with E-state index in [9.17, 15) is 19.8 Å². The Morgan fingerprint density at radius 2 is 1.76 bits per heavy atom. The zero-order valence-electron chi connectivity index (χ0n) is 19.1. The number of carbonyl (C=O) groups excluding carboxylic acids is 1. The lowest BCUT2D eigenvalue weighted by atomic mass is 9.88. The second-order valence-electron chi connectivity index (χ2n) is 8.19. The summed E-state index contributed by atoms with van der Waals surface area (Å²) in [5.74, 6) is -0.128. The van der Waals surface area contributed by atoms with Crippen molar-refractivity contribution >= 4 is 5.97 Å². The summed E-state index contributed by atoms with van der Waals surface area (Å²) < 4.78 is 17.7. The molecule has 2 aromatic carbocycles. The lowest BCUT2D eigenvalue weighted by Gasteiger charge is -2.23. The molecule has 2 heterocycles. The number of aromatic hydroxyl groups is 2. The molecule has 1 aromatic heterocycles. The highest BCUT2D eigenvalue weighted by atomic mass is 16.6. The minimum Gasteiger partial charge on any atom is -0.508 e. The molecule has 4 rings (SSSR count). The summed E-state index contributed by atoms with van der Waals surface area (Å²) in [6.07, 6.45) is 0.427. The molecule has 1 atom stereocenters. The first-order valence-corrected chi connectivity index (χ1v) is 11.0. The predicted octanol–water partition coefficient (Wildman–Crippen LogP) is 3.28. The van der Waals surface area contributed by atoms with Crippen LogP contribution in [0.5, 0.6) is 23.0 Å². The highest BCUT2D eigenvalue weighted by molar-refractivity contribution is 5.71. The maximum atomic E-state index is 13.6. The summed E-state index contributed by atoms with van der Waals surface area (Å²) in [6.45, 7) is 2.97. The van der Waals surface area contributed by atoms with E-state index in [1.807, 2.05) is 0 Å².